The van der Waals surface area contributed by atoms with Crippen LogP contribution < -0.4 is 15.4 Å². The van der Waals surface area contributed by atoms with E-state index in [1.165, 1.54) is 12.5 Å². The number of carbonyl (C=O) groups excluding carboxylic acids is 2. The highest BCUT2D eigenvalue weighted by Gasteiger charge is 2.26. The molecule has 1 heterocycles. The molecule has 2 N–H and O–H groups in total. The fourth-order valence-electron chi connectivity index (χ4n) is 2.24. The number of rotatable bonds is 7. The molecule has 1 aromatic carbocycles. The second kappa shape index (κ2) is 8.80. The molecule has 1 aliphatic heterocycles. The van der Waals surface area contributed by atoms with E-state index in [9.17, 15) is 9.59 Å². The standard InChI is InChI=1S/C17H19ClN2O3S/c1-2-3-4-5-8-23-14-7-6-12(18)9-11(14)10-13-15(21)19-17(24)20-16(13)22/h6-7,9-10H,2-5,8H2,1H3,(H2,19,20,21,22,24). The number of hydrogen-bond acceptors (Lipinski definition) is 4. The van der Waals surface area contributed by atoms with Gasteiger partial charge in [0.25, 0.3) is 11.8 Å². The minimum atomic E-state index is -0.544. The van der Waals surface area contributed by atoms with E-state index >= 15 is 0 Å². The third-order valence-electron chi connectivity index (χ3n) is 3.47. The maximum Gasteiger partial charge on any atom is 0.263 e. The third-order valence-corrected chi connectivity index (χ3v) is 3.91. The number of amides is 2. The molecule has 1 aromatic rings. The van der Waals surface area contributed by atoms with E-state index < -0.39 is 11.8 Å². The molecule has 2 rings (SSSR count). The maximum atomic E-state index is 11.9. The predicted molar refractivity (Wildman–Crippen MR) is 97.9 cm³/mol. The van der Waals surface area contributed by atoms with Crippen molar-refractivity contribution in [3.8, 4) is 5.75 Å². The number of unbranched alkanes of at least 4 members (excludes halogenated alkanes) is 3. The molecule has 0 unspecified atom stereocenters. The van der Waals surface area contributed by atoms with Crippen LogP contribution in [0.4, 0.5) is 0 Å². The lowest BCUT2D eigenvalue weighted by atomic mass is 10.1. The van der Waals surface area contributed by atoms with Gasteiger partial charge in [-0.05, 0) is 42.9 Å². The predicted octanol–water partition coefficient (Wildman–Crippen LogP) is 3.21. The first kappa shape index (κ1) is 18.4. The lowest BCUT2D eigenvalue weighted by Gasteiger charge is -2.17. The molecule has 0 aromatic heterocycles. The summed E-state index contributed by atoms with van der Waals surface area (Å²) >= 11 is 10.8. The zero-order valence-electron chi connectivity index (χ0n) is 13.4. The van der Waals surface area contributed by atoms with Crippen LogP contribution in [0.1, 0.15) is 38.2 Å². The lowest BCUT2D eigenvalue weighted by Crippen LogP contribution is -2.51. The summed E-state index contributed by atoms with van der Waals surface area (Å²) < 4.78 is 5.78. The Morgan fingerprint density at radius 1 is 1.17 bits per heavy atom. The highest BCUT2D eigenvalue weighted by molar-refractivity contribution is 7.80. The number of halogens is 1. The van der Waals surface area contributed by atoms with Crippen molar-refractivity contribution in [2.24, 2.45) is 0 Å². The number of ether oxygens (including phenoxy) is 1. The summed E-state index contributed by atoms with van der Waals surface area (Å²) in [5.74, 6) is -0.507. The fraction of sp³-hybridized carbons (Fsp3) is 0.353. The van der Waals surface area contributed by atoms with Gasteiger partial charge in [-0.2, -0.15) is 0 Å². The molecule has 5 nitrogen and oxygen atoms in total. The van der Waals surface area contributed by atoms with Gasteiger partial charge in [0.2, 0.25) is 0 Å². The van der Waals surface area contributed by atoms with E-state index in [1.807, 2.05) is 0 Å². The molecule has 0 saturated carbocycles. The minimum absolute atomic E-state index is 0.000594. The minimum Gasteiger partial charge on any atom is -0.493 e. The Balaban J connectivity index is 2.17. The average molecular weight is 367 g/mol. The largest absolute Gasteiger partial charge is 0.493 e. The third kappa shape index (κ3) is 5.04. The van der Waals surface area contributed by atoms with E-state index in [1.54, 1.807) is 18.2 Å². The van der Waals surface area contributed by atoms with Gasteiger partial charge in [-0.3, -0.25) is 20.2 Å². The molecule has 7 heteroatoms. The van der Waals surface area contributed by atoms with Gasteiger partial charge in [-0.1, -0.05) is 37.8 Å². The monoisotopic (exact) mass is 366 g/mol. The van der Waals surface area contributed by atoms with Crippen molar-refractivity contribution in [2.45, 2.75) is 32.6 Å². The summed E-state index contributed by atoms with van der Waals surface area (Å²) in [6, 6.07) is 5.10. The quantitative estimate of drug-likeness (QED) is 0.336. The molecule has 1 saturated heterocycles. The number of thiocarbonyl (C=S) groups is 1. The second-order valence-corrected chi connectivity index (χ2v) is 6.23. The smallest absolute Gasteiger partial charge is 0.263 e. The van der Waals surface area contributed by atoms with E-state index in [0.717, 1.165) is 19.3 Å². The summed E-state index contributed by atoms with van der Waals surface area (Å²) in [4.78, 5) is 23.9. The van der Waals surface area contributed by atoms with Gasteiger partial charge in [-0.15, -0.1) is 0 Å². The fourth-order valence-corrected chi connectivity index (χ4v) is 2.60. The van der Waals surface area contributed by atoms with Crippen molar-refractivity contribution < 1.29 is 14.3 Å². The molecule has 128 valence electrons. The topological polar surface area (TPSA) is 67.4 Å². The molecule has 0 aliphatic carbocycles. The number of carbonyl (C=O) groups is 2. The average Bonchev–Trinajstić information content (AvgIpc) is 2.52. The van der Waals surface area contributed by atoms with Gasteiger partial charge < -0.3 is 4.74 Å². The van der Waals surface area contributed by atoms with Gasteiger partial charge in [0.05, 0.1) is 6.61 Å². The first-order valence-corrected chi connectivity index (χ1v) is 8.60. The molecule has 0 bridgehead atoms. The number of hydrogen-bond donors (Lipinski definition) is 2. The van der Waals surface area contributed by atoms with E-state index in [2.05, 4.69) is 17.6 Å². The van der Waals surface area contributed by atoms with Crippen LogP contribution in [-0.4, -0.2) is 23.5 Å². The Labute approximate surface area is 151 Å². The molecule has 24 heavy (non-hydrogen) atoms. The van der Waals surface area contributed by atoms with Crippen LogP contribution in [0.5, 0.6) is 5.75 Å². The Hall–Kier alpha value is -1.92. The normalized spacial score (nSPS) is 14.2. The molecule has 2 amide bonds. The Kier molecular flexibility index (Phi) is 6.75. The molecular weight excluding hydrogens is 348 g/mol. The van der Waals surface area contributed by atoms with Crippen LogP contribution in [0.25, 0.3) is 6.08 Å². The Morgan fingerprint density at radius 3 is 2.54 bits per heavy atom. The van der Waals surface area contributed by atoms with Crippen LogP contribution in [0, 0.1) is 0 Å². The summed E-state index contributed by atoms with van der Waals surface area (Å²) in [5, 5.41) is 5.29. The van der Waals surface area contributed by atoms with Crippen molar-refractivity contribution in [3.05, 3.63) is 34.4 Å². The van der Waals surface area contributed by atoms with Crippen LogP contribution in [0.2, 0.25) is 5.02 Å². The summed E-state index contributed by atoms with van der Waals surface area (Å²) in [6.45, 7) is 2.72. The highest BCUT2D eigenvalue weighted by Crippen LogP contribution is 2.26. The lowest BCUT2D eigenvalue weighted by molar-refractivity contribution is -0.123. The van der Waals surface area contributed by atoms with Crippen LogP contribution >= 0.6 is 23.8 Å². The highest BCUT2D eigenvalue weighted by atomic mass is 35.5. The molecular formula is C17H19ClN2O3S. The maximum absolute atomic E-state index is 11.9. The Bertz CT molecular complexity index is 666. The van der Waals surface area contributed by atoms with E-state index in [-0.39, 0.29) is 10.7 Å². The van der Waals surface area contributed by atoms with Crippen molar-refractivity contribution >= 4 is 46.8 Å². The van der Waals surface area contributed by atoms with E-state index in [4.69, 9.17) is 28.6 Å². The molecule has 1 aliphatic rings. The van der Waals surface area contributed by atoms with Crippen molar-refractivity contribution in [3.63, 3.8) is 0 Å². The zero-order valence-corrected chi connectivity index (χ0v) is 14.9. The molecule has 0 radical (unpaired) electrons. The van der Waals surface area contributed by atoms with Gasteiger partial charge in [0, 0.05) is 10.6 Å². The van der Waals surface area contributed by atoms with Gasteiger partial charge in [-0.25, -0.2) is 0 Å². The number of nitrogens with one attached hydrogen (secondary N) is 2. The molecule has 0 spiro atoms. The van der Waals surface area contributed by atoms with Crippen LogP contribution in [-0.2, 0) is 9.59 Å². The van der Waals surface area contributed by atoms with Crippen molar-refractivity contribution in [1.82, 2.24) is 10.6 Å². The van der Waals surface area contributed by atoms with Crippen molar-refractivity contribution in [1.29, 1.82) is 0 Å². The number of benzene rings is 1. The first-order chi connectivity index (χ1) is 11.5. The van der Waals surface area contributed by atoms with Crippen LogP contribution in [0.15, 0.2) is 23.8 Å². The summed E-state index contributed by atoms with van der Waals surface area (Å²) in [7, 11) is 0. The summed E-state index contributed by atoms with van der Waals surface area (Å²) in [5.41, 5.74) is 0.535. The zero-order chi connectivity index (χ0) is 17.5. The Morgan fingerprint density at radius 2 is 1.88 bits per heavy atom. The van der Waals surface area contributed by atoms with Crippen molar-refractivity contribution in [2.75, 3.05) is 6.61 Å². The molecule has 0 atom stereocenters. The van der Waals surface area contributed by atoms with E-state index in [0.29, 0.717) is 22.9 Å². The van der Waals surface area contributed by atoms with Gasteiger partial charge in [0.1, 0.15) is 11.3 Å². The van der Waals surface area contributed by atoms with Gasteiger partial charge >= 0.3 is 0 Å². The second-order valence-electron chi connectivity index (χ2n) is 5.39. The first-order valence-electron chi connectivity index (χ1n) is 7.82. The molecule has 1 fully saturated rings. The van der Waals surface area contributed by atoms with Crippen LogP contribution in [0.3, 0.4) is 0 Å². The SMILES string of the molecule is CCCCCCOc1ccc(Cl)cc1C=C1C(=O)NC(=S)NC1=O. The summed E-state index contributed by atoms with van der Waals surface area (Å²) in [6.07, 6.45) is 5.83. The van der Waals surface area contributed by atoms with Gasteiger partial charge in [0.15, 0.2) is 5.11 Å².